The summed E-state index contributed by atoms with van der Waals surface area (Å²) in [6.07, 6.45) is 2.48. The van der Waals surface area contributed by atoms with E-state index in [-0.39, 0.29) is 17.7 Å². The molecule has 0 unspecified atom stereocenters. The zero-order valence-corrected chi connectivity index (χ0v) is 15.2. The first-order valence-corrected chi connectivity index (χ1v) is 8.82. The third-order valence-electron chi connectivity index (χ3n) is 4.76. The number of aromatic nitrogens is 2. The zero-order valence-electron chi connectivity index (χ0n) is 15.2. The van der Waals surface area contributed by atoms with Crippen molar-refractivity contribution in [3.05, 3.63) is 77.6 Å². The molecule has 1 N–H and O–H groups in total. The molecule has 1 aromatic heterocycles. The smallest absolute Gasteiger partial charge is 0.240 e. The Balaban J connectivity index is 1.71. The zero-order chi connectivity index (χ0) is 19.0. The van der Waals surface area contributed by atoms with Gasteiger partial charge in [0.25, 0.3) is 0 Å². The molecule has 3 aromatic rings. The molecule has 1 aliphatic rings. The van der Waals surface area contributed by atoms with Crippen LogP contribution in [0.15, 0.2) is 65.9 Å². The summed E-state index contributed by atoms with van der Waals surface area (Å²) in [5, 5.41) is 20.8. The van der Waals surface area contributed by atoms with Crippen molar-refractivity contribution in [3.63, 3.8) is 0 Å². The summed E-state index contributed by atoms with van der Waals surface area (Å²) in [5.41, 5.74) is 4.10. The lowest BCUT2D eigenvalue weighted by Crippen LogP contribution is -2.24. The fourth-order valence-corrected chi connectivity index (χ4v) is 3.44. The van der Waals surface area contributed by atoms with E-state index in [4.69, 9.17) is 0 Å². The van der Waals surface area contributed by atoms with E-state index < -0.39 is 0 Å². The number of hydrazone groups is 1. The number of amides is 1. The van der Waals surface area contributed by atoms with Crippen molar-refractivity contribution >= 4 is 11.6 Å². The predicted molar refractivity (Wildman–Crippen MR) is 103 cm³/mol. The highest BCUT2D eigenvalue weighted by atomic mass is 16.3. The van der Waals surface area contributed by atoms with Crippen LogP contribution in [0.4, 0.5) is 0 Å². The van der Waals surface area contributed by atoms with Gasteiger partial charge in [-0.3, -0.25) is 4.79 Å². The quantitative estimate of drug-likeness (QED) is 0.776. The van der Waals surface area contributed by atoms with Crippen LogP contribution in [0.25, 0.3) is 5.69 Å². The van der Waals surface area contributed by atoms with Crippen molar-refractivity contribution in [2.24, 2.45) is 5.10 Å². The second-order valence-electron chi connectivity index (χ2n) is 6.60. The highest BCUT2D eigenvalue weighted by molar-refractivity contribution is 6.05. The Morgan fingerprint density at radius 3 is 2.52 bits per heavy atom. The number of hydrogen-bond donors (Lipinski definition) is 1. The standard InChI is InChI=1S/C21H20N4O2/c1-14-18(13-24(22-14)16-8-4-3-5-9-16)20-12-19(23-25(20)15(2)26)17-10-6-7-11-21(17)27/h3-11,13,20,27H,12H2,1-2H3/t20-/m1/s1. The molecule has 27 heavy (non-hydrogen) atoms. The van der Waals surface area contributed by atoms with E-state index in [0.29, 0.717) is 17.7 Å². The molecule has 0 saturated carbocycles. The van der Waals surface area contributed by atoms with Gasteiger partial charge in [0, 0.05) is 30.7 Å². The molecule has 6 nitrogen and oxygen atoms in total. The summed E-state index contributed by atoms with van der Waals surface area (Å²) >= 11 is 0. The molecule has 0 saturated heterocycles. The third kappa shape index (κ3) is 3.10. The molecule has 2 aromatic carbocycles. The Bertz CT molecular complexity index is 1020. The minimum atomic E-state index is -0.241. The molecule has 0 aliphatic carbocycles. The Labute approximate surface area is 157 Å². The molecule has 1 atom stereocenters. The van der Waals surface area contributed by atoms with E-state index >= 15 is 0 Å². The molecule has 0 fully saturated rings. The van der Waals surface area contributed by atoms with Crippen molar-refractivity contribution in [2.45, 2.75) is 26.3 Å². The van der Waals surface area contributed by atoms with Gasteiger partial charge in [0.15, 0.2) is 0 Å². The van der Waals surface area contributed by atoms with Crippen molar-refractivity contribution in [3.8, 4) is 11.4 Å². The highest BCUT2D eigenvalue weighted by Gasteiger charge is 2.34. The minimum absolute atomic E-state index is 0.141. The van der Waals surface area contributed by atoms with Crippen molar-refractivity contribution < 1.29 is 9.90 Å². The van der Waals surface area contributed by atoms with Crippen LogP contribution in [0.1, 0.15) is 36.2 Å². The molecule has 0 bridgehead atoms. The second kappa shape index (κ2) is 6.72. The van der Waals surface area contributed by atoms with Gasteiger partial charge in [-0.25, -0.2) is 9.69 Å². The monoisotopic (exact) mass is 360 g/mol. The van der Waals surface area contributed by atoms with Crippen LogP contribution < -0.4 is 0 Å². The lowest BCUT2D eigenvalue weighted by atomic mass is 9.98. The van der Waals surface area contributed by atoms with Gasteiger partial charge < -0.3 is 5.11 Å². The largest absolute Gasteiger partial charge is 0.507 e. The van der Waals surface area contributed by atoms with Gasteiger partial charge in [0.1, 0.15) is 5.75 Å². The van der Waals surface area contributed by atoms with E-state index in [2.05, 4.69) is 10.2 Å². The first-order valence-electron chi connectivity index (χ1n) is 8.82. The number of para-hydroxylation sites is 2. The average molecular weight is 360 g/mol. The molecule has 4 rings (SSSR count). The summed E-state index contributed by atoms with van der Waals surface area (Å²) in [6, 6.07) is 16.7. The fraction of sp³-hybridized carbons (Fsp3) is 0.190. The topological polar surface area (TPSA) is 70.7 Å². The fourth-order valence-electron chi connectivity index (χ4n) is 3.44. The maximum Gasteiger partial charge on any atom is 0.240 e. The summed E-state index contributed by atoms with van der Waals surface area (Å²) in [6.45, 7) is 3.44. The lowest BCUT2D eigenvalue weighted by Gasteiger charge is -2.19. The van der Waals surface area contributed by atoms with Crippen LogP contribution in [0.2, 0.25) is 0 Å². The van der Waals surface area contributed by atoms with Gasteiger partial charge in [0.05, 0.1) is 23.1 Å². The number of hydrogen-bond acceptors (Lipinski definition) is 4. The molecular formula is C21H20N4O2. The van der Waals surface area contributed by atoms with Crippen molar-refractivity contribution in [1.82, 2.24) is 14.8 Å². The van der Waals surface area contributed by atoms with Crippen LogP contribution in [0, 0.1) is 6.92 Å². The van der Waals surface area contributed by atoms with Gasteiger partial charge in [0.2, 0.25) is 5.91 Å². The number of aryl methyl sites for hydroxylation is 1. The molecule has 0 radical (unpaired) electrons. The number of nitrogens with zero attached hydrogens (tertiary/aromatic N) is 4. The molecule has 6 heteroatoms. The van der Waals surface area contributed by atoms with Gasteiger partial charge in [-0.1, -0.05) is 30.3 Å². The lowest BCUT2D eigenvalue weighted by molar-refractivity contribution is -0.130. The number of benzene rings is 2. The molecule has 2 heterocycles. The van der Waals surface area contributed by atoms with E-state index in [9.17, 15) is 9.90 Å². The Morgan fingerprint density at radius 1 is 1.11 bits per heavy atom. The summed E-state index contributed by atoms with van der Waals surface area (Å²) in [5.74, 6) is 0.0226. The van der Waals surface area contributed by atoms with E-state index in [1.165, 1.54) is 11.9 Å². The van der Waals surface area contributed by atoms with Crippen LogP contribution >= 0.6 is 0 Å². The van der Waals surface area contributed by atoms with Gasteiger partial charge in [-0.15, -0.1) is 0 Å². The Morgan fingerprint density at radius 2 is 1.81 bits per heavy atom. The van der Waals surface area contributed by atoms with Gasteiger partial charge >= 0.3 is 0 Å². The van der Waals surface area contributed by atoms with Crippen molar-refractivity contribution in [1.29, 1.82) is 0 Å². The predicted octanol–water partition coefficient (Wildman–Crippen LogP) is 3.58. The molecule has 1 aliphatic heterocycles. The number of phenolic OH excluding ortho intramolecular Hbond substituents is 1. The maximum absolute atomic E-state index is 12.2. The number of carbonyl (C=O) groups excluding carboxylic acids is 1. The number of aromatic hydroxyl groups is 1. The summed E-state index contributed by atoms with van der Waals surface area (Å²) < 4.78 is 1.82. The Kier molecular flexibility index (Phi) is 4.24. The second-order valence-corrected chi connectivity index (χ2v) is 6.60. The van der Waals surface area contributed by atoms with E-state index in [0.717, 1.165) is 16.9 Å². The number of rotatable bonds is 3. The van der Waals surface area contributed by atoms with E-state index in [1.807, 2.05) is 60.3 Å². The highest BCUT2D eigenvalue weighted by Crippen LogP contribution is 2.36. The van der Waals surface area contributed by atoms with Crippen molar-refractivity contribution in [2.75, 3.05) is 0 Å². The maximum atomic E-state index is 12.2. The number of carbonyl (C=O) groups is 1. The molecule has 136 valence electrons. The van der Waals surface area contributed by atoms with Crippen LogP contribution in [0.3, 0.4) is 0 Å². The van der Waals surface area contributed by atoms with Crippen LogP contribution in [-0.2, 0) is 4.79 Å². The normalized spacial score (nSPS) is 16.4. The van der Waals surface area contributed by atoms with Crippen LogP contribution in [-0.4, -0.2) is 31.5 Å². The summed E-state index contributed by atoms with van der Waals surface area (Å²) in [4.78, 5) is 12.2. The minimum Gasteiger partial charge on any atom is -0.507 e. The number of phenols is 1. The average Bonchev–Trinajstić information content (AvgIpc) is 3.26. The Hall–Kier alpha value is -3.41. The van der Waals surface area contributed by atoms with Gasteiger partial charge in [-0.2, -0.15) is 10.2 Å². The third-order valence-corrected chi connectivity index (χ3v) is 4.76. The SMILES string of the molecule is CC(=O)N1N=C(c2ccccc2O)C[C@@H]1c1cn(-c2ccccc2)nc1C. The first kappa shape index (κ1) is 17.0. The molecule has 0 spiro atoms. The molecule has 1 amide bonds. The van der Waals surface area contributed by atoms with E-state index in [1.54, 1.807) is 12.1 Å². The first-order chi connectivity index (χ1) is 13.0. The molecular weight excluding hydrogens is 340 g/mol. The summed E-state index contributed by atoms with van der Waals surface area (Å²) in [7, 11) is 0. The van der Waals surface area contributed by atoms with Crippen LogP contribution in [0.5, 0.6) is 5.75 Å². The van der Waals surface area contributed by atoms with Gasteiger partial charge in [-0.05, 0) is 31.2 Å².